The van der Waals surface area contributed by atoms with Gasteiger partial charge in [-0.2, -0.15) is 0 Å². The molecule has 0 bridgehead atoms. The maximum Gasteiger partial charge on any atom is 0.209 e. The van der Waals surface area contributed by atoms with Crippen LogP contribution >= 0.6 is 0 Å². The van der Waals surface area contributed by atoms with Gasteiger partial charge in [0.1, 0.15) is 5.75 Å². The number of benzene rings is 1. The van der Waals surface area contributed by atoms with Gasteiger partial charge < -0.3 is 9.47 Å². The van der Waals surface area contributed by atoms with E-state index < -0.39 is 9.84 Å². The van der Waals surface area contributed by atoms with Gasteiger partial charge in [-0.3, -0.25) is 0 Å². The molecular weight excluding hydrogens is 264 g/mol. The summed E-state index contributed by atoms with van der Waals surface area (Å²) in [7, 11) is -3.03. The normalized spacial score (nSPS) is 20.9. The first-order valence-electron chi connectivity index (χ1n) is 6.33. The molecule has 1 aromatic carbocycles. The van der Waals surface area contributed by atoms with Crippen molar-refractivity contribution in [3.05, 3.63) is 29.3 Å². The molecular formula is C14H20O4S. The molecule has 0 N–H and O–H groups in total. The zero-order valence-electron chi connectivity index (χ0n) is 11.8. The van der Waals surface area contributed by atoms with Crippen LogP contribution < -0.4 is 4.74 Å². The second-order valence-corrected chi connectivity index (χ2v) is 7.67. The lowest BCUT2D eigenvalue weighted by molar-refractivity contribution is -0.0981. The lowest BCUT2D eigenvalue weighted by Gasteiger charge is -2.25. The van der Waals surface area contributed by atoms with Crippen LogP contribution in [0.1, 0.15) is 31.9 Å². The number of rotatable bonds is 4. The van der Waals surface area contributed by atoms with E-state index in [0.29, 0.717) is 6.61 Å². The summed E-state index contributed by atoms with van der Waals surface area (Å²) in [4.78, 5) is 0. The molecule has 0 spiro atoms. The minimum absolute atomic E-state index is 0.0513. The van der Waals surface area contributed by atoms with Crippen LogP contribution in [0.5, 0.6) is 5.75 Å². The van der Waals surface area contributed by atoms with Gasteiger partial charge in [0.05, 0.1) is 11.2 Å². The highest BCUT2D eigenvalue weighted by Gasteiger charge is 2.42. The SMILES string of the molecule is CCOC1Oc2ccc(CS(C)(=O)=O)cc2C1(C)C. The second kappa shape index (κ2) is 4.80. The van der Waals surface area contributed by atoms with Crippen molar-refractivity contribution < 1.29 is 17.9 Å². The van der Waals surface area contributed by atoms with E-state index in [1.165, 1.54) is 6.26 Å². The predicted octanol–water partition coefficient (Wildman–Crippen LogP) is 2.26. The molecule has 0 fully saturated rings. The van der Waals surface area contributed by atoms with Crippen LogP contribution in [0.3, 0.4) is 0 Å². The van der Waals surface area contributed by atoms with Crippen molar-refractivity contribution in [3.63, 3.8) is 0 Å². The summed E-state index contributed by atoms with van der Waals surface area (Å²) in [5.74, 6) is 0.830. The van der Waals surface area contributed by atoms with Crippen LogP contribution in [0.15, 0.2) is 18.2 Å². The Bertz CT molecular complexity index is 575. The fraction of sp³-hybridized carbons (Fsp3) is 0.571. The first-order chi connectivity index (χ1) is 8.74. The number of hydrogen-bond acceptors (Lipinski definition) is 4. The Morgan fingerprint density at radius 1 is 1.37 bits per heavy atom. The Labute approximate surface area is 114 Å². The molecule has 0 aliphatic carbocycles. The third-order valence-corrected chi connectivity index (χ3v) is 4.17. The fourth-order valence-corrected chi connectivity index (χ4v) is 3.14. The van der Waals surface area contributed by atoms with Crippen LogP contribution in [-0.2, 0) is 25.7 Å². The van der Waals surface area contributed by atoms with Gasteiger partial charge in [0.25, 0.3) is 0 Å². The van der Waals surface area contributed by atoms with Gasteiger partial charge in [-0.1, -0.05) is 12.1 Å². The highest BCUT2D eigenvalue weighted by molar-refractivity contribution is 7.89. The highest BCUT2D eigenvalue weighted by atomic mass is 32.2. The van der Waals surface area contributed by atoms with Crippen molar-refractivity contribution in [1.82, 2.24) is 0 Å². The van der Waals surface area contributed by atoms with E-state index in [0.717, 1.165) is 16.9 Å². The molecule has 2 rings (SSSR count). The average Bonchev–Trinajstić information content (AvgIpc) is 2.50. The summed E-state index contributed by atoms with van der Waals surface area (Å²) in [5, 5.41) is 0. The molecule has 1 aliphatic heterocycles. The zero-order valence-corrected chi connectivity index (χ0v) is 12.6. The third-order valence-electron chi connectivity index (χ3n) is 3.31. The van der Waals surface area contributed by atoms with E-state index in [9.17, 15) is 8.42 Å². The molecule has 0 saturated carbocycles. The Balaban J connectivity index is 2.35. The van der Waals surface area contributed by atoms with Crippen molar-refractivity contribution in [1.29, 1.82) is 0 Å². The van der Waals surface area contributed by atoms with E-state index in [4.69, 9.17) is 9.47 Å². The van der Waals surface area contributed by atoms with Crippen LogP contribution in [0.2, 0.25) is 0 Å². The van der Waals surface area contributed by atoms with Gasteiger partial charge in [-0.15, -0.1) is 0 Å². The van der Waals surface area contributed by atoms with Gasteiger partial charge in [0, 0.05) is 18.4 Å². The Morgan fingerprint density at radius 3 is 2.63 bits per heavy atom. The van der Waals surface area contributed by atoms with E-state index >= 15 is 0 Å². The van der Waals surface area contributed by atoms with Gasteiger partial charge in [0.2, 0.25) is 6.29 Å². The smallest absolute Gasteiger partial charge is 0.209 e. The van der Waals surface area contributed by atoms with E-state index in [1.54, 1.807) is 6.07 Å². The first-order valence-corrected chi connectivity index (χ1v) is 8.39. The summed E-state index contributed by atoms with van der Waals surface area (Å²) in [6.07, 6.45) is 0.922. The van der Waals surface area contributed by atoms with Gasteiger partial charge in [0.15, 0.2) is 9.84 Å². The predicted molar refractivity (Wildman–Crippen MR) is 74.1 cm³/mol. The van der Waals surface area contributed by atoms with Gasteiger partial charge in [-0.25, -0.2) is 8.42 Å². The molecule has 0 amide bonds. The summed E-state index contributed by atoms with van der Waals surface area (Å²) in [6.45, 7) is 6.60. The molecule has 1 aliphatic rings. The highest BCUT2D eigenvalue weighted by Crippen LogP contribution is 2.43. The van der Waals surface area contributed by atoms with Gasteiger partial charge >= 0.3 is 0 Å². The standard InChI is InChI=1S/C14H20O4S/c1-5-17-13-14(2,3)11-8-10(9-19(4,15)16)6-7-12(11)18-13/h6-8,13H,5,9H2,1-4H3. The van der Waals surface area contributed by atoms with Crippen LogP contribution in [0.25, 0.3) is 0 Å². The third kappa shape index (κ3) is 2.92. The second-order valence-electron chi connectivity index (χ2n) is 5.53. The molecule has 1 aromatic rings. The Morgan fingerprint density at radius 2 is 2.05 bits per heavy atom. The molecule has 1 heterocycles. The molecule has 0 radical (unpaired) electrons. The molecule has 19 heavy (non-hydrogen) atoms. The summed E-state index contributed by atoms with van der Waals surface area (Å²) in [5.41, 5.74) is 1.51. The van der Waals surface area contributed by atoms with E-state index in [2.05, 4.69) is 0 Å². The number of ether oxygens (including phenoxy) is 2. The molecule has 1 atom stereocenters. The lowest BCUT2D eigenvalue weighted by Crippen LogP contribution is -2.34. The number of fused-ring (bicyclic) bond motifs is 1. The lowest BCUT2D eigenvalue weighted by atomic mass is 9.85. The first kappa shape index (κ1) is 14.3. The molecule has 106 valence electrons. The van der Waals surface area contributed by atoms with Crippen LogP contribution in [-0.4, -0.2) is 27.6 Å². The minimum atomic E-state index is -3.03. The van der Waals surface area contributed by atoms with E-state index in [-0.39, 0.29) is 17.5 Å². The zero-order chi connectivity index (χ0) is 14.3. The van der Waals surface area contributed by atoms with Crippen molar-refractivity contribution in [3.8, 4) is 5.75 Å². The maximum absolute atomic E-state index is 11.4. The molecule has 0 aromatic heterocycles. The fourth-order valence-electron chi connectivity index (χ4n) is 2.36. The summed E-state index contributed by atoms with van der Waals surface area (Å²) < 4.78 is 34.1. The summed E-state index contributed by atoms with van der Waals surface area (Å²) >= 11 is 0. The number of sulfone groups is 1. The molecule has 0 saturated heterocycles. The quantitative estimate of drug-likeness (QED) is 0.851. The topological polar surface area (TPSA) is 52.6 Å². The van der Waals surface area contributed by atoms with Crippen molar-refractivity contribution in [2.75, 3.05) is 12.9 Å². The minimum Gasteiger partial charge on any atom is -0.464 e. The molecule has 5 heteroatoms. The van der Waals surface area contributed by atoms with Crippen LogP contribution in [0, 0.1) is 0 Å². The molecule has 1 unspecified atom stereocenters. The number of hydrogen-bond donors (Lipinski definition) is 0. The molecule has 4 nitrogen and oxygen atoms in total. The van der Waals surface area contributed by atoms with Gasteiger partial charge in [-0.05, 0) is 32.4 Å². The van der Waals surface area contributed by atoms with Crippen LogP contribution in [0.4, 0.5) is 0 Å². The van der Waals surface area contributed by atoms with Crippen molar-refractivity contribution in [2.45, 2.75) is 38.2 Å². The summed E-state index contributed by atoms with van der Waals surface area (Å²) in [6, 6.07) is 5.54. The van der Waals surface area contributed by atoms with Crippen molar-refractivity contribution >= 4 is 9.84 Å². The maximum atomic E-state index is 11.4. The Hall–Kier alpha value is -1.07. The monoisotopic (exact) mass is 284 g/mol. The van der Waals surface area contributed by atoms with E-state index in [1.807, 2.05) is 32.9 Å². The van der Waals surface area contributed by atoms with Crippen molar-refractivity contribution in [2.24, 2.45) is 0 Å². The largest absolute Gasteiger partial charge is 0.464 e. The average molecular weight is 284 g/mol. The Kier molecular flexibility index (Phi) is 3.62.